The van der Waals surface area contributed by atoms with Crippen molar-refractivity contribution in [2.45, 2.75) is 32.9 Å². The van der Waals surface area contributed by atoms with Gasteiger partial charge in [0.15, 0.2) is 0 Å². The minimum absolute atomic E-state index is 0.0760. The molecule has 0 bridgehead atoms. The van der Waals surface area contributed by atoms with E-state index < -0.39 is 0 Å². The molecule has 0 saturated heterocycles. The third-order valence-electron chi connectivity index (χ3n) is 3.07. The maximum absolute atomic E-state index is 13.4. The second kappa shape index (κ2) is 6.52. The Labute approximate surface area is 118 Å². The van der Waals surface area contributed by atoms with Crippen molar-refractivity contribution in [1.29, 1.82) is 0 Å². The van der Waals surface area contributed by atoms with Gasteiger partial charge in [0.1, 0.15) is 5.82 Å². The number of hydrogen-bond donors (Lipinski definition) is 2. The van der Waals surface area contributed by atoms with Crippen molar-refractivity contribution in [3.8, 4) is 0 Å². The SMILES string of the molecule is CCCn1cc(C(CO)Nc2cc(C)cc(F)c2)cn1. The minimum atomic E-state index is -0.290. The van der Waals surface area contributed by atoms with Gasteiger partial charge in [0.05, 0.1) is 18.8 Å². The van der Waals surface area contributed by atoms with E-state index in [1.54, 1.807) is 6.20 Å². The molecule has 2 aromatic rings. The predicted molar refractivity (Wildman–Crippen MR) is 77.1 cm³/mol. The quantitative estimate of drug-likeness (QED) is 0.853. The number of benzene rings is 1. The first kappa shape index (κ1) is 14.5. The Morgan fingerprint density at radius 1 is 1.40 bits per heavy atom. The molecule has 0 fully saturated rings. The Hall–Kier alpha value is -1.88. The average Bonchev–Trinajstić information content (AvgIpc) is 2.84. The predicted octanol–water partition coefficient (Wildman–Crippen LogP) is 2.89. The molecular weight excluding hydrogens is 257 g/mol. The fourth-order valence-electron chi connectivity index (χ4n) is 2.17. The van der Waals surface area contributed by atoms with E-state index in [2.05, 4.69) is 17.3 Å². The Kier molecular flexibility index (Phi) is 4.74. The van der Waals surface area contributed by atoms with Crippen LogP contribution in [0, 0.1) is 12.7 Å². The van der Waals surface area contributed by atoms with Crippen molar-refractivity contribution < 1.29 is 9.50 Å². The van der Waals surface area contributed by atoms with Gasteiger partial charge >= 0.3 is 0 Å². The largest absolute Gasteiger partial charge is 0.394 e. The van der Waals surface area contributed by atoms with Crippen LogP contribution < -0.4 is 5.32 Å². The number of aryl methyl sites for hydroxylation is 2. The van der Waals surface area contributed by atoms with E-state index in [1.807, 2.05) is 23.9 Å². The minimum Gasteiger partial charge on any atom is -0.394 e. The number of nitrogens with one attached hydrogen (secondary N) is 1. The van der Waals surface area contributed by atoms with Crippen LogP contribution in [0.15, 0.2) is 30.6 Å². The summed E-state index contributed by atoms with van der Waals surface area (Å²) in [5.74, 6) is -0.286. The van der Waals surface area contributed by atoms with Crippen molar-refractivity contribution in [3.05, 3.63) is 47.5 Å². The van der Waals surface area contributed by atoms with Crippen LogP contribution in [0.4, 0.5) is 10.1 Å². The molecule has 4 nitrogen and oxygen atoms in total. The van der Waals surface area contributed by atoms with E-state index in [1.165, 1.54) is 12.1 Å². The standard InChI is InChI=1S/C15H20FN3O/c1-3-4-19-9-12(8-17-19)15(10-20)18-14-6-11(2)5-13(16)7-14/h5-9,15,18,20H,3-4,10H2,1-2H3. The Bertz CT molecular complexity index is 548. The number of aromatic nitrogens is 2. The van der Waals surface area contributed by atoms with E-state index in [-0.39, 0.29) is 18.5 Å². The summed E-state index contributed by atoms with van der Waals surface area (Å²) in [6.07, 6.45) is 4.64. The van der Waals surface area contributed by atoms with Gasteiger partial charge in [-0.15, -0.1) is 0 Å². The summed E-state index contributed by atoms with van der Waals surface area (Å²) in [5.41, 5.74) is 2.39. The highest BCUT2D eigenvalue weighted by Gasteiger charge is 2.13. The molecule has 0 radical (unpaired) electrons. The molecule has 0 aliphatic heterocycles. The van der Waals surface area contributed by atoms with Crippen molar-refractivity contribution in [2.24, 2.45) is 0 Å². The molecule has 0 aliphatic carbocycles. The van der Waals surface area contributed by atoms with Gasteiger partial charge in [-0.1, -0.05) is 6.92 Å². The lowest BCUT2D eigenvalue weighted by atomic mass is 10.1. The molecule has 5 heteroatoms. The molecule has 1 atom stereocenters. The lowest BCUT2D eigenvalue weighted by Crippen LogP contribution is -2.14. The van der Waals surface area contributed by atoms with Crippen molar-refractivity contribution >= 4 is 5.69 Å². The van der Waals surface area contributed by atoms with E-state index in [9.17, 15) is 9.50 Å². The van der Waals surface area contributed by atoms with E-state index in [4.69, 9.17) is 0 Å². The molecule has 2 rings (SSSR count). The highest BCUT2D eigenvalue weighted by molar-refractivity contribution is 5.47. The lowest BCUT2D eigenvalue weighted by molar-refractivity contribution is 0.276. The third kappa shape index (κ3) is 3.57. The van der Waals surface area contributed by atoms with Crippen LogP contribution in [0.25, 0.3) is 0 Å². The molecule has 0 amide bonds. The van der Waals surface area contributed by atoms with Crippen LogP contribution in [0.1, 0.15) is 30.5 Å². The zero-order valence-electron chi connectivity index (χ0n) is 11.8. The molecule has 0 aliphatic rings. The van der Waals surface area contributed by atoms with E-state index >= 15 is 0 Å². The summed E-state index contributed by atoms with van der Waals surface area (Å²) in [6.45, 7) is 4.69. The van der Waals surface area contributed by atoms with Crippen LogP contribution in [0.2, 0.25) is 0 Å². The zero-order chi connectivity index (χ0) is 14.5. The Morgan fingerprint density at radius 2 is 2.20 bits per heavy atom. The normalized spacial score (nSPS) is 12.4. The summed E-state index contributed by atoms with van der Waals surface area (Å²) < 4.78 is 15.2. The maximum atomic E-state index is 13.4. The number of hydrogen-bond acceptors (Lipinski definition) is 3. The molecule has 1 unspecified atom stereocenters. The summed E-state index contributed by atoms with van der Waals surface area (Å²) in [7, 11) is 0. The van der Waals surface area contributed by atoms with Crippen molar-refractivity contribution in [1.82, 2.24) is 9.78 Å². The molecule has 2 N–H and O–H groups in total. The number of anilines is 1. The first-order chi connectivity index (χ1) is 9.62. The smallest absolute Gasteiger partial charge is 0.125 e. The molecule has 1 aromatic carbocycles. The number of rotatable bonds is 6. The van der Waals surface area contributed by atoms with Gasteiger partial charge in [-0.25, -0.2) is 4.39 Å². The summed E-state index contributed by atoms with van der Waals surface area (Å²) in [4.78, 5) is 0. The fraction of sp³-hybridized carbons (Fsp3) is 0.400. The van der Waals surface area contributed by atoms with Gasteiger partial charge in [-0.2, -0.15) is 5.10 Å². The Balaban J connectivity index is 2.15. The van der Waals surface area contributed by atoms with Crippen LogP contribution in [-0.2, 0) is 6.54 Å². The molecule has 0 spiro atoms. The van der Waals surface area contributed by atoms with Crippen molar-refractivity contribution in [3.63, 3.8) is 0 Å². The van der Waals surface area contributed by atoms with Gasteiger partial charge in [-0.05, 0) is 37.1 Å². The topological polar surface area (TPSA) is 50.1 Å². The fourth-order valence-corrected chi connectivity index (χ4v) is 2.17. The third-order valence-corrected chi connectivity index (χ3v) is 3.07. The van der Waals surface area contributed by atoms with E-state index in [0.29, 0.717) is 5.69 Å². The summed E-state index contributed by atoms with van der Waals surface area (Å²) >= 11 is 0. The summed E-state index contributed by atoms with van der Waals surface area (Å²) in [6, 6.07) is 4.45. The van der Waals surface area contributed by atoms with Crippen LogP contribution in [0.5, 0.6) is 0 Å². The number of aliphatic hydroxyl groups excluding tert-OH is 1. The van der Waals surface area contributed by atoms with Gasteiger partial charge in [0.25, 0.3) is 0 Å². The second-order valence-corrected chi connectivity index (χ2v) is 4.93. The van der Waals surface area contributed by atoms with Gasteiger partial charge in [0.2, 0.25) is 0 Å². The van der Waals surface area contributed by atoms with Crippen LogP contribution in [-0.4, -0.2) is 21.5 Å². The lowest BCUT2D eigenvalue weighted by Gasteiger charge is -2.16. The number of nitrogens with zero attached hydrogens (tertiary/aromatic N) is 2. The first-order valence-corrected chi connectivity index (χ1v) is 6.79. The molecule has 1 heterocycles. The molecule has 108 valence electrons. The highest BCUT2D eigenvalue weighted by atomic mass is 19.1. The average molecular weight is 277 g/mol. The monoisotopic (exact) mass is 277 g/mol. The van der Waals surface area contributed by atoms with E-state index in [0.717, 1.165) is 24.1 Å². The second-order valence-electron chi connectivity index (χ2n) is 4.93. The number of halogens is 1. The Morgan fingerprint density at radius 3 is 2.85 bits per heavy atom. The number of aliphatic hydroxyl groups is 1. The highest BCUT2D eigenvalue weighted by Crippen LogP contribution is 2.21. The first-order valence-electron chi connectivity index (χ1n) is 6.79. The molecule has 1 aromatic heterocycles. The van der Waals surface area contributed by atoms with Gasteiger partial charge in [-0.3, -0.25) is 4.68 Å². The van der Waals surface area contributed by atoms with Crippen LogP contribution in [0.3, 0.4) is 0 Å². The molecule has 0 saturated carbocycles. The van der Waals surface area contributed by atoms with Crippen LogP contribution >= 0.6 is 0 Å². The van der Waals surface area contributed by atoms with Crippen molar-refractivity contribution in [2.75, 3.05) is 11.9 Å². The summed E-state index contributed by atoms with van der Waals surface area (Å²) in [5, 5.41) is 16.9. The van der Waals surface area contributed by atoms with Gasteiger partial charge < -0.3 is 10.4 Å². The zero-order valence-corrected chi connectivity index (χ0v) is 11.8. The maximum Gasteiger partial charge on any atom is 0.125 e. The molecular formula is C15H20FN3O. The van der Waals surface area contributed by atoms with Gasteiger partial charge in [0, 0.05) is 24.0 Å². The molecule has 20 heavy (non-hydrogen) atoms.